The van der Waals surface area contributed by atoms with Gasteiger partial charge in [0.15, 0.2) is 0 Å². The monoisotopic (exact) mass is 94.1 g/mol. The summed E-state index contributed by atoms with van der Waals surface area (Å²) in [6, 6.07) is 0. The van der Waals surface area contributed by atoms with E-state index in [2.05, 4.69) is 23.4 Å². The summed E-state index contributed by atoms with van der Waals surface area (Å²) < 4.78 is 0. The molecule has 0 saturated carbocycles. The van der Waals surface area contributed by atoms with Crippen LogP contribution >= 0.6 is 0 Å². The third-order valence-corrected chi connectivity index (χ3v) is 0.808. The van der Waals surface area contributed by atoms with Gasteiger partial charge >= 0.3 is 0 Å². The van der Waals surface area contributed by atoms with Crippen molar-refractivity contribution in [2.24, 2.45) is 0 Å². The maximum atomic E-state index is 3.67. The first-order valence-electron chi connectivity index (χ1n) is 1.98. The summed E-state index contributed by atoms with van der Waals surface area (Å²) in [6.07, 6.45) is 1.64. The third kappa shape index (κ3) is 0.538. The van der Waals surface area contributed by atoms with Gasteiger partial charge in [-0.15, -0.1) is 0 Å². The van der Waals surface area contributed by atoms with E-state index in [-0.39, 0.29) is 0 Å². The molecule has 0 bridgehead atoms. The molecule has 0 saturated heterocycles. The van der Waals surface area contributed by atoms with Gasteiger partial charge < -0.3 is 0 Å². The molecular weight excluding hydrogens is 88.1 g/mol. The molecule has 7 heavy (non-hydrogen) atoms. The molecule has 2 nitrogen and oxygen atoms in total. The maximum Gasteiger partial charge on any atom is 0.0572 e. The van der Waals surface area contributed by atoms with Crippen molar-refractivity contribution < 1.29 is 0 Å². The minimum absolute atomic E-state index is 0.792. The number of hydrogen-bond acceptors (Lipinski definition) is 1. The van der Waals surface area contributed by atoms with E-state index in [4.69, 9.17) is 0 Å². The number of H-pyrrole nitrogens is 1. The zero-order chi connectivity index (χ0) is 5.28. The Bertz CT molecular complexity index is 210. The van der Waals surface area contributed by atoms with Gasteiger partial charge in [0.25, 0.3) is 0 Å². The van der Waals surface area contributed by atoms with Crippen molar-refractivity contribution >= 4 is 13.2 Å². The fourth-order valence-electron chi connectivity index (χ4n) is 0.338. The average molecular weight is 94.1 g/mol. The van der Waals surface area contributed by atoms with Crippen LogP contribution in [0.2, 0.25) is 0 Å². The van der Waals surface area contributed by atoms with Gasteiger partial charge in [-0.2, -0.15) is 5.10 Å². The van der Waals surface area contributed by atoms with Gasteiger partial charge in [-0.1, -0.05) is 13.2 Å². The van der Waals surface area contributed by atoms with E-state index in [0.717, 1.165) is 10.6 Å². The summed E-state index contributed by atoms with van der Waals surface area (Å²) >= 11 is 0. The van der Waals surface area contributed by atoms with Gasteiger partial charge in [0, 0.05) is 5.22 Å². The van der Waals surface area contributed by atoms with E-state index in [1.165, 1.54) is 0 Å². The smallest absolute Gasteiger partial charge is 0.0572 e. The molecule has 1 aromatic rings. The Morgan fingerprint density at radius 3 is 2.43 bits per heavy atom. The zero-order valence-corrected chi connectivity index (χ0v) is 3.94. The van der Waals surface area contributed by atoms with Gasteiger partial charge in [0.2, 0.25) is 0 Å². The van der Waals surface area contributed by atoms with Crippen LogP contribution in [0.15, 0.2) is 6.20 Å². The van der Waals surface area contributed by atoms with Gasteiger partial charge in [0.1, 0.15) is 0 Å². The van der Waals surface area contributed by atoms with Crippen LogP contribution in [0.4, 0.5) is 0 Å². The summed E-state index contributed by atoms with van der Waals surface area (Å²) in [5.41, 5.74) is 0. The second-order valence-electron chi connectivity index (χ2n) is 1.37. The predicted molar refractivity (Wildman–Crippen MR) is 28.9 cm³/mol. The Balaban J connectivity index is 3.71. The highest BCUT2D eigenvalue weighted by molar-refractivity contribution is 5.04. The molecule has 1 rings (SSSR count). The molecule has 0 aliphatic heterocycles. The lowest BCUT2D eigenvalue weighted by atomic mass is 10.5. The van der Waals surface area contributed by atoms with Crippen molar-refractivity contribution in [2.45, 2.75) is 0 Å². The molecule has 1 N–H and O–H groups in total. The van der Waals surface area contributed by atoms with E-state index in [1.54, 1.807) is 6.20 Å². The first kappa shape index (κ1) is 4.12. The first-order valence-corrected chi connectivity index (χ1v) is 1.98. The van der Waals surface area contributed by atoms with Crippen LogP contribution in [0.1, 0.15) is 0 Å². The van der Waals surface area contributed by atoms with Gasteiger partial charge in [0.05, 0.1) is 11.5 Å². The molecule has 0 atom stereocenters. The molecule has 0 aliphatic rings. The molecular formula is C5H6N2. The highest BCUT2D eigenvalue weighted by atomic mass is 15.1. The number of nitrogens with zero attached hydrogens (tertiary/aromatic N) is 1. The van der Waals surface area contributed by atoms with Gasteiger partial charge in [-0.25, -0.2) is 0 Å². The molecule has 1 heterocycles. The summed E-state index contributed by atoms with van der Waals surface area (Å²) in [4.78, 5) is 0. The van der Waals surface area contributed by atoms with E-state index < -0.39 is 0 Å². The highest BCUT2D eigenvalue weighted by Gasteiger charge is 1.73. The third-order valence-electron chi connectivity index (χ3n) is 0.808. The lowest BCUT2D eigenvalue weighted by Gasteiger charge is -1.59. The normalized spacial score (nSPS) is 9.14. The summed E-state index contributed by atoms with van der Waals surface area (Å²) in [7, 11) is 0. The second kappa shape index (κ2) is 1.22. The number of nitrogens with one attached hydrogen (secondary N) is 1. The fraction of sp³-hybridized carbons (Fsp3) is 0. The van der Waals surface area contributed by atoms with Crippen molar-refractivity contribution in [1.82, 2.24) is 10.2 Å². The topological polar surface area (TPSA) is 28.7 Å². The van der Waals surface area contributed by atoms with Crippen LogP contribution in [-0.2, 0) is 0 Å². The van der Waals surface area contributed by atoms with Crippen molar-refractivity contribution in [2.75, 3.05) is 0 Å². The molecule has 0 spiro atoms. The molecule has 0 aliphatic carbocycles. The average Bonchev–Trinajstić information content (AvgIpc) is 1.91. The Morgan fingerprint density at radius 2 is 2.29 bits per heavy atom. The summed E-state index contributed by atoms with van der Waals surface area (Å²) in [5, 5.41) is 7.97. The quantitative estimate of drug-likeness (QED) is 0.449. The van der Waals surface area contributed by atoms with Crippen LogP contribution in [0.3, 0.4) is 0 Å². The molecule has 0 radical (unpaired) electrons. The predicted octanol–water partition coefficient (Wildman–Crippen LogP) is -0.770. The van der Waals surface area contributed by atoms with Crippen molar-refractivity contribution in [3.05, 3.63) is 16.8 Å². The Kier molecular flexibility index (Phi) is 0.719. The molecule has 0 unspecified atom stereocenters. The Morgan fingerprint density at radius 1 is 1.57 bits per heavy atom. The van der Waals surface area contributed by atoms with E-state index >= 15 is 0 Å². The second-order valence-corrected chi connectivity index (χ2v) is 1.37. The van der Waals surface area contributed by atoms with Crippen LogP contribution in [0, 0.1) is 0 Å². The van der Waals surface area contributed by atoms with Crippen LogP contribution < -0.4 is 10.6 Å². The SMILES string of the molecule is C=c1cn[nH]c1=C. The fourth-order valence-corrected chi connectivity index (χ4v) is 0.338. The van der Waals surface area contributed by atoms with Crippen molar-refractivity contribution in [3.8, 4) is 0 Å². The van der Waals surface area contributed by atoms with E-state index in [9.17, 15) is 0 Å². The summed E-state index contributed by atoms with van der Waals surface area (Å²) in [5.74, 6) is 0. The molecule has 0 fully saturated rings. The van der Waals surface area contributed by atoms with Crippen molar-refractivity contribution in [3.63, 3.8) is 0 Å². The Labute approximate surface area is 41.2 Å². The lowest BCUT2D eigenvalue weighted by Crippen LogP contribution is -2.17. The standard InChI is InChI=1S/C5H6N2/c1-4-3-6-7-5(4)2/h3,7H,1-2H2. The molecule has 2 heteroatoms. The number of rotatable bonds is 0. The molecule has 1 aromatic heterocycles. The summed E-state index contributed by atoms with van der Waals surface area (Å²) in [6.45, 7) is 7.22. The molecule has 0 aromatic carbocycles. The molecule has 36 valence electrons. The minimum atomic E-state index is 0.792. The first-order chi connectivity index (χ1) is 3.30. The minimum Gasteiger partial charge on any atom is -0.278 e. The van der Waals surface area contributed by atoms with Gasteiger partial charge in [-0.05, 0) is 0 Å². The van der Waals surface area contributed by atoms with Crippen LogP contribution in [0.25, 0.3) is 13.2 Å². The largest absolute Gasteiger partial charge is 0.278 e. The number of aromatic amines is 1. The highest BCUT2D eigenvalue weighted by Crippen LogP contribution is 1.42. The van der Waals surface area contributed by atoms with Crippen LogP contribution in [0.5, 0.6) is 0 Å². The Hall–Kier alpha value is -1.05. The number of aromatic nitrogens is 2. The lowest BCUT2D eigenvalue weighted by molar-refractivity contribution is 1.06. The van der Waals surface area contributed by atoms with Crippen LogP contribution in [-0.4, -0.2) is 10.2 Å². The number of hydrogen-bond donors (Lipinski definition) is 1. The van der Waals surface area contributed by atoms with Crippen molar-refractivity contribution in [1.29, 1.82) is 0 Å². The van der Waals surface area contributed by atoms with Gasteiger partial charge in [-0.3, -0.25) is 5.10 Å². The zero-order valence-electron chi connectivity index (χ0n) is 3.94. The molecule has 0 amide bonds. The van der Waals surface area contributed by atoms with E-state index in [1.807, 2.05) is 0 Å². The maximum absolute atomic E-state index is 3.67. The van der Waals surface area contributed by atoms with E-state index in [0.29, 0.717) is 0 Å².